The van der Waals surface area contributed by atoms with E-state index < -0.39 is 34.1 Å². The van der Waals surface area contributed by atoms with Gasteiger partial charge in [-0.3, -0.25) is 4.79 Å². The number of amides is 1. The standard InChI is InChI=1S/C17H15ClFNO5S/c1-26(23,24)10-11-3-2-4-12(7-11)17(22)25-9-16(21)20-13-5-6-15(19)14(18)8-13/h2-8H,9-10H2,1H3,(H,20,21). The normalized spacial score (nSPS) is 11.0. The fourth-order valence-corrected chi connectivity index (χ4v) is 3.04. The molecule has 0 bridgehead atoms. The fourth-order valence-electron chi connectivity index (χ4n) is 2.08. The van der Waals surface area contributed by atoms with E-state index in [1.807, 2.05) is 0 Å². The number of carbonyl (C=O) groups is 2. The summed E-state index contributed by atoms with van der Waals surface area (Å²) in [5.41, 5.74) is 0.823. The molecule has 9 heteroatoms. The smallest absolute Gasteiger partial charge is 0.338 e. The van der Waals surface area contributed by atoms with Crippen LogP contribution in [0.2, 0.25) is 5.02 Å². The van der Waals surface area contributed by atoms with E-state index in [-0.39, 0.29) is 22.0 Å². The largest absolute Gasteiger partial charge is 0.452 e. The Bertz CT molecular complexity index is 946. The summed E-state index contributed by atoms with van der Waals surface area (Å²) in [6, 6.07) is 9.57. The van der Waals surface area contributed by atoms with E-state index in [0.29, 0.717) is 5.56 Å². The van der Waals surface area contributed by atoms with Gasteiger partial charge in [-0.25, -0.2) is 17.6 Å². The zero-order chi connectivity index (χ0) is 19.3. The van der Waals surface area contributed by atoms with Crippen LogP contribution in [0.4, 0.5) is 10.1 Å². The number of ether oxygens (including phenoxy) is 1. The van der Waals surface area contributed by atoms with Crippen LogP contribution in [0.3, 0.4) is 0 Å². The van der Waals surface area contributed by atoms with E-state index in [1.54, 1.807) is 6.07 Å². The van der Waals surface area contributed by atoms with Crippen molar-refractivity contribution in [3.63, 3.8) is 0 Å². The van der Waals surface area contributed by atoms with Gasteiger partial charge >= 0.3 is 5.97 Å². The third-order valence-electron chi connectivity index (χ3n) is 3.13. The molecular formula is C17H15ClFNO5S. The molecular weight excluding hydrogens is 385 g/mol. The zero-order valence-electron chi connectivity index (χ0n) is 13.7. The SMILES string of the molecule is CS(=O)(=O)Cc1cccc(C(=O)OCC(=O)Nc2ccc(F)c(Cl)c2)c1. The summed E-state index contributed by atoms with van der Waals surface area (Å²) < 4.78 is 40.6. The van der Waals surface area contributed by atoms with Gasteiger partial charge < -0.3 is 10.1 Å². The van der Waals surface area contributed by atoms with Crippen molar-refractivity contribution in [1.82, 2.24) is 0 Å². The molecule has 2 aromatic rings. The average molecular weight is 400 g/mol. The van der Waals surface area contributed by atoms with Crippen LogP contribution < -0.4 is 5.32 Å². The summed E-state index contributed by atoms with van der Waals surface area (Å²) >= 11 is 5.61. The predicted octanol–water partition coefficient (Wildman–Crippen LogP) is 2.82. The first-order chi connectivity index (χ1) is 12.1. The number of benzene rings is 2. The van der Waals surface area contributed by atoms with Gasteiger partial charge in [0.15, 0.2) is 16.4 Å². The fraction of sp³-hybridized carbons (Fsp3) is 0.176. The molecule has 0 fully saturated rings. The lowest BCUT2D eigenvalue weighted by molar-refractivity contribution is -0.119. The van der Waals surface area contributed by atoms with Crippen LogP contribution in [-0.4, -0.2) is 33.2 Å². The van der Waals surface area contributed by atoms with Crippen LogP contribution in [0, 0.1) is 5.82 Å². The molecule has 1 N–H and O–H groups in total. The van der Waals surface area contributed by atoms with E-state index in [4.69, 9.17) is 16.3 Å². The molecule has 0 radical (unpaired) electrons. The summed E-state index contributed by atoms with van der Waals surface area (Å²) in [4.78, 5) is 23.8. The van der Waals surface area contributed by atoms with Gasteiger partial charge in [0.05, 0.1) is 16.3 Å². The molecule has 0 spiro atoms. The molecule has 26 heavy (non-hydrogen) atoms. The molecule has 0 saturated heterocycles. The summed E-state index contributed by atoms with van der Waals surface area (Å²) in [6.07, 6.45) is 1.09. The van der Waals surface area contributed by atoms with Crippen molar-refractivity contribution in [2.45, 2.75) is 5.75 Å². The van der Waals surface area contributed by atoms with E-state index in [0.717, 1.165) is 12.3 Å². The Morgan fingerprint density at radius 3 is 2.58 bits per heavy atom. The maximum Gasteiger partial charge on any atom is 0.338 e. The van der Waals surface area contributed by atoms with Gasteiger partial charge in [0.2, 0.25) is 0 Å². The van der Waals surface area contributed by atoms with Crippen molar-refractivity contribution < 1.29 is 27.1 Å². The number of nitrogens with one attached hydrogen (secondary N) is 1. The summed E-state index contributed by atoms with van der Waals surface area (Å²) in [6.45, 7) is -0.565. The van der Waals surface area contributed by atoms with Crippen LogP contribution in [0.5, 0.6) is 0 Å². The maximum absolute atomic E-state index is 13.1. The number of carbonyl (C=O) groups excluding carboxylic acids is 2. The Balaban J connectivity index is 1.94. The van der Waals surface area contributed by atoms with Crippen LogP contribution in [0.15, 0.2) is 42.5 Å². The van der Waals surface area contributed by atoms with Crippen molar-refractivity contribution in [3.05, 3.63) is 64.4 Å². The second-order valence-corrected chi connectivity index (χ2v) is 8.07. The molecule has 2 rings (SSSR count). The van der Waals surface area contributed by atoms with Crippen LogP contribution >= 0.6 is 11.6 Å². The van der Waals surface area contributed by atoms with E-state index >= 15 is 0 Å². The zero-order valence-corrected chi connectivity index (χ0v) is 15.2. The minimum atomic E-state index is -3.24. The lowest BCUT2D eigenvalue weighted by atomic mass is 10.1. The first-order valence-electron chi connectivity index (χ1n) is 7.33. The molecule has 0 unspecified atom stereocenters. The number of anilines is 1. The predicted molar refractivity (Wildman–Crippen MR) is 95.3 cm³/mol. The van der Waals surface area contributed by atoms with Crippen molar-refractivity contribution in [2.24, 2.45) is 0 Å². The molecule has 6 nitrogen and oxygen atoms in total. The topological polar surface area (TPSA) is 89.5 Å². The van der Waals surface area contributed by atoms with Crippen molar-refractivity contribution >= 4 is 39.0 Å². The molecule has 0 aliphatic heterocycles. The minimum absolute atomic E-state index is 0.128. The highest BCUT2D eigenvalue weighted by molar-refractivity contribution is 7.89. The first kappa shape index (κ1) is 19.9. The quantitative estimate of drug-likeness (QED) is 0.754. The Morgan fingerprint density at radius 1 is 1.19 bits per heavy atom. The van der Waals surface area contributed by atoms with Gasteiger partial charge in [0.1, 0.15) is 5.82 Å². The maximum atomic E-state index is 13.1. The molecule has 0 aliphatic carbocycles. The van der Waals surface area contributed by atoms with E-state index in [9.17, 15) is 22.4 Å². The van der Waals surface area contributed by atoms with Crippen molar-refractivity contribution in [1.29, 1.82) is 0 Å². The highest BCUT2D eigenvalue weighted by atomic mass is 35.5. The first-order valence-corrected chi connectivity index (χ1v) is 9.76. The Labute approximate surface area is 154 Å². The van der Waals surface area contributed by atoms with Gasteiger partial charge in [-0.15, -0.1) is 0 Å². The van der Waals surface area contributed by atoms with Gasteiger partial charge in [0, 0.05) is 11.9 Å². The Morgan fingerprint density at radius 2 is 1.92 bits per heavy atom. The number of halogens is 2. The summed E-state index contributed by atoms with van der Waals surface area (Å²) in [7, 11) is -3.24. The highest BCUT2D eigenvalue weighted by Gasteiger charge is 2.13. The van der Waals surface area contributed by atoms with E-state index in [1.165, 1.54) is 30.3 Å². The molecule has 0 saturated carbocycles. The molecule has 138 valence electrons. The number of hydrogen-bond donors (Lipinski definition) is 1. The monoisotopic (exact) mass is 399 g/mol. The Kier molecular flexibility index (Phi) is 6.33. The lowest BCUT2D eigenvalue weighted by Gasteiger charge is -2.08. The lowest BCUT2D eigenvalue weighted by Crippen LogP contribution is -2.21. The van der Waals surface area contributed by atoms with Gasteiger partial charge in [-0.1, -0.05) is 23.7 Å². The second-order valence-electron chi connectivity index (χ2n) is 5.52. The average Bonchev–Trinajstić information content (AvgIpc) is 2.55. The Hall–Kier alpha value is -2.45. The third kappa shape index (κ3) is 6.12. The van der Waals surface area contributed by atoms with Gasteiger partial charge in [-0.05, 0) is 35.9 Å². The number of rotatable bonds is 6. The molecule has 0 heterocycles. The van der Waals surface area contributed by atoms with Crippen LogP contribution in [0.1, 0.15) is 15.9 Å². The van der Waals surface area contributed by atoms with Crippen molar-refractivity contribution in [2.75, 3.05) is 18.2 Å². The number of sulfone groups is 1. The van der Waals surface area contributed by atoms with E-state index in [2.05, 4.69) is 5.32 Å². The van der Waals surface area contributed by atoms with Crippen LogP contribution in [0.25, 0.3) is 0 Å². The highest BCUT2D eigenvalue weighted by Crippen LogP contribution is 2.19. The van der Waals surface area contributed by atoms with Crippen molar-refractivity contribution in [3.8, 4) is 0 Å². The molecule has 2 aromatic carbocycles. The molecule has 0 aliphatic rings. The molecule has 0 aromatic heterocycles. The van der Waals surface area contributed by atoms with Crippen LogP contribution in [-0.2, 0) is 25.1 Å². The number of esters is 1. The summed E-state index contributed by atoms with van der Waals surface area (Å²) in [5.74, 6) is -2.23. The summed E-state index contributed by atoms with van der Waals surface area (Å²) in [5, 5.41) is 2.26. The minimum Gasteiger partial charge on any atom is -0.452 e. The second kappa shape index (κ2) is 8.29. The molecule has 0 atom stereocenters. The third-order valence-corrected chi connectivity index (χ3v) is 4.28. The van der Waals surface area contributed by atoms with Gasteiger partial charge in [-0.2, -0.15) is 0 Å². The molecule has 1 amide bonds. The number of hydrogen-bond acceptors (Lipinski definition) is 5. The van der Waals surface area contributed by atoms with Gasteiger partial charge in [0.25, 0.3) is 5.91 Å².